The molecule has 0 amide bonds. The van der Waals surface area contributed by atoms with Gasteiger partial charge >= 0.3 is 23.9 Å². The number of rotatable bonds is 56. The summed E-state index contributed by atoms with van der Waals surface area (Å²) in [5, 5.41) is 31.6. The van der Waals surface area contributed by atoms with Crippen LogP contribution in [0.25, 0.3) is 0 Å². The van der Waals surface area contributed by atoms with Gasteiger partial charge in [-0.25, -0.2) is 4.79 Å². The molecule has 1 heterocycles. The number of carboxylic acid groups (broad SMARTS) is 1. The molecule has 12 heteroatoms. The fraction of sp³-hybridized carbons (Fsp3) is 0.768. The summed E-state index contributed by atoms with van der Waals surface area (Å²) in [5.41, 5.74) is 0. The SMILES string of the molecule is CC/C=C\C/C=C\C/C=C\CCCCCCCCCC(=O)OCC(COC1OC(C(=O)O)C(O)C(O)C1OC(=O)CCCCCCCCC/C=C\C/C=C\CCCCC)OC(=O)CCCCCCCCC/C=C\CCCCCCCC. The Hall–Kier alpha value is -3.84. The summed E-state index contributed by atoms with van der Waals surface area (Å²) in [5.74, 6) is -3.13. The van der Waals surface area contributed by atoms with Crippen LogP contribution < -0.4 is 0 Å². The summed E-state index contributed by atoms with van der Waals surface area (Å²) in [6, 6.07) is 0. The molecule has 0 aliphatic carbocycles. The van der Waals surface area contributed by atoms with Gasteiger partial charge in [-0.05, 0) is 109 Å². The van der Waals surface area contributed by atoms with Crippen LogP contribution >= 0.6 is 0 Å². The third kappa shape index (κ3) is 46.3. The fourth-order valence-corrected chi connectivity index (χ4v) is 9.70. The third-order valence-electron chi connectivity index (χ3n) is 14.7. The predicted molar refractivity (Wildman–Crippen MR) is 331 cm³/mol. The van der Waals surface area contributed by atoms with Crippen LogP contribution in [0.5, 0.6) is 0 Å². The summed E-state index contributed by atoms with van der Waals surface area (Å²) >= 11 is 0. The Labute approximate surface area is 493 Å². The van der Waals surface area contributed by atoms with Crippen LogP contribution in [-0.2, 0) is 42.9 Å². The van der Waals surface area contributed by atoms with Gasteiger partial charge in [-0.15, -0.1) is 0 Å². The predicted octanol–water partition coefficient (Wildman–Crippen LogP) is 17.7. The molecule has 1 rings (SSSR count). The normalized spacial score (nSPS) is 18.2. The number of carbonyl (C=O) groups is 4. The smallest absolute Gasteiger partial charge is 0.335 e. The number of carboxylic acids is 1. The van der Waals surface area contributed by atoms with Gasteiger partial charge in [0.05, 0.1) is 6.61 Å². The molecule has 1 saturated heterocycles. The maximum atomic E-state index is 13.2. The molecule has 0 aromatic heterocycles. The highest BCUT2D eigenvalue weighted by atomic mass is 16.7. The molecule has 1 aliphatic heterocycles. The first-order valence-corrected chi connectivity index (χ1v) is 32.9. The van der Waals surface area contributed by atoms with Crippen LogP contribution in [0.1, 0.15) is 290 Å². The average molecular weight is 1140 g/mol. The molecular weight excluding hydrogens is 1020 g/mol. The van der Waals surface area contributed by atoms with Gasteiger partial charge in [0.2, 0.25) is 0 Å². The molecule has 0 spiro atoms. The number of ether oxygens (including phenoxy) is 5. The van der Waals surface area contributed by atoms with E-state index in [4.69, 9.17) is 23.7 Å². The van der Waals surface area contributed by atoms with Gasteiger partial charge < -0.3 is 39.0 Å². The van der Waals surface area contributed by atoms with Crippen LogP contribution in [-0.4, -0.2) is 89.2 Å². The minimum absolute atomic E-state index is 0.0493. The summed E-state index contributed by atoms with van der Waals surface area (Å²) in [7, 11) is 0. The van der Waals surface area contributed by atoms with Crippen molar-refractivity contribution in [2.45, 2.75) is 327 Å². The zero-order chi connectivity index (χ0) is 58.9. The van der Waals surface area contributed by atoms with Crippen LogP contribution in [0, 0.1) is 0 Å². The van der Waals surface area contributed by atoms with Crippen LogP contribution in [0.3, 0.4) is 0 Å². The third-order valence-corrected chi connectivity index (χ3v) is 14.7. The Balaban J connectivity index is 2.67. The first-order chi connectivity index (χ1) is 39.6. The average Bonchev–Trinajstić information content (AvgIpc) is 3.53. The van der Waals surface area contributed by atoms with Crippen molar-refractivity contribution in [2.24, 2.45) is 0 Å². The number of unbranched alkanes of at least 4 members (excludes halogenated alkanes) is 30. The molecule has 466 valence electrons. The van der Waals surface area contributed by atoms with Gasteiger partial charge in [-0.2, -0.15) is 0 Å². The van der Waals surface area contributed by atoms with Crippen molar-refractivity contribution in [2.75, 3.05) is 13.2 Å². The second-order valence-corrected chi connectivity index (χ2v) is 22.4. The fourth-order valence-electron chi connectivity index (χ4n) is 9.70. The van der Waals surface area contributed by atoms with E-state index in [0.29, 0.717) is 19.3 Å². The van der Waals surface area contributed by atoms with Crippen molar-refractivity contribution in [3.05, 3.63) is 72.9 Å². The van der Waals surface area contributed by atoms with Crippen molar-refractivity contribution < 1.29 is 58.2 Å². The lowest BCUT2D eigenvalue weighted by Crippen LogP contribution is -2.61. The molecule has 0 bridgehead atoms. The van der Waals surface area contributed by atoms with E-state index in [1.165, 1.54) is 83.5 Å². The quantitative estimate of drug-likeness (QED) is 0.0228. The van der Waals surface area contributed by atoms with Crippen molar-refractivity contribution in [3.63, 3.8) is 0 Å². The van der Waals surface area contributed by atoms with Gasteiger partial charge in [0.1, 0.15) is 18.8 Å². The summed E-state index contributed by atoms with van der Waals surface area (Å²) < 4.78 is 28.5. The molecule has 6 atom stereocenters. The van der Waals surface area contributed by atoms with E-state index >= 15 is 0 Å². The van der Waals surface area contributed by atoms with Crippen molar-refractivity contribution in [1.29, 1.82) is 0 Å². The van der Waals surface area contributed by atoms with E-state index in [1.807, 2.05) is 0 Å². The number of allylic oxidation sites excluding steroid dienone is 12. The van der Waals surface area contributed by atoms with Gasteiger partial charge in [0.25, 0.3) is 0 Å². The van der Waals surface area contributed by atoms with Gasteiger partial charge in [-0.3, -0.25) is 14.4 Å². The molecule has 0 saturated carbocycles. The number of carbonyl (C=O) groups excluding carboxylic acids is 3. The highest BCUT2D eigenvalue weighted by molar-refractivity contribution is 5.74. The Morgan fingerprint density at radius 1 is 0.420 bits per heavy atom. The van der Waals surface area contributed by atoms with E-state index in [-0.39, 0.29) is 25.9 Å². The Kier molecular flexibility index (Phi) is 52.6. The largest absolute Gasteiger partial charge is 0.479 e. The van der Waals surface area contributed by atoms with E-state index in [1.54, 1.807) is 0 Å². The van der Waals surface area contributed by atoms with Crippen molar-refractivity contribution in [1.82, 2.24) is 0 Å². The Bertz CT molecular complexity index is 1680. The monoisotopic (exact) mass is 1140 g/mol. The number of aliphatic hydroxyl groups is 2. The standard InChI is InChI=1S/C69H118O12/c1-4-7-10-13-16-19-22-25-28-31-34-37-40-43-46-49-52-55-61(70)77-58-60(79-62(71)56-53-50-47-44-41-38-35-32-29-26-23-20-17-14-11-8-5-2)59-78-69-67(65(74)64(73)66(81-69)68(75)76)80-63(72)57-54-51-48-45-42-39-36-33-30-27-24-21-18-15-12-9-6-3/h7,10,16,18-19,21,25-30,60,64-67,69,73-74H,4-6,8-9,11-15,17,20,22-24,31-59H2,1-3H3,(H,75,76)/b10-7-,19-16-,21-18-,28-25-,29-26-,30-27-. The summed E-state index contributed by atoms with van der Waals surface area (Å²) in [4.78, 5) is 51.4. The number of aliphatic hydroxyl groups excluding tert-OH is 2. The van der Waals surface area contributed by atoms with Gasteiger partial charge in [0.15, 0.2) is 24.6 Å². The van der Waals surface area contributed by atoms with Crippen molar-refractivity contribution in [3.8, 4) is 0 Å². The number of hydrogen-bond donors (Lipinski definition) is 3. The molecule has 12 nitrogen and oxygen atoms in total. The van der Waals surface area contributed by atoms with Gasteiger partial charge in [0, 0.05) is 19.3 Å². The minimum atomic E-state index is -1.91. The molecular formula is C69H118O12. The first kappa shape index (κ1) is 75.2. The van der Waals surface area contributed by atoms with Crippen LogP contribution in [0.2, 0.25) is 0 Å². The lowest BCUT2D eigenvalue weighted by Gasteiger charge is -2.40. The molecule has 0 aromatic rings. The summed E-state index contributed by atoms with van der Waals surface area (Å²) in [6.07, 6.45) is 59.9. The lowest BCUT2D eigenvalue weighted by molar-refractivity contribution is -0.301. The second kappa shape index (κ2) is 56.6. The van der Waals surface area contributed by atoms with Crippen LogP contribution in [0.4, 0.5) is 0 Å². The van der Waals surface area contributed by atoms with Crippen LogP contribution in [0.15, 0.2) is 72.9 Å². The highest BCUT2D eigenvalue weighted by Crippen LogP contribution is 2.27. The first-order valence-electron chi connectivity index (χ1n) is 32.9. The van der Waals surface area contributed by atoms with E-state index in [2.05, 4.69) is 93.7 Å². The van der Waals surface area contributed by atoms with E-state index < -0.39 is 67.3 Å². The zero-order valence-electron chi connectivity index (χ0n) is 51.5. The Morgan fingerprint density at radius 2 is 0.778 bits per heavy atom. The molecule has 81 heavy (non-hydrogen) atoms. The van der Waals surface area contributed by atoms with Crippen molar-refractivity contribution >= 4 is 23.9 Å². The number of aliphatic carboxylic acids is 1. The molecule has 6 unspecified atom stereocenters. The minimum Gasteiger partial charge on any atom is -0.479 e. The molecule has 0 aromatic carbocycles. The number of esters is 3. The molecule has 3 N–H and O–H groups in total. The Morgan fingerprint density at radius 3 is 1.22 bits per heavy atom. The lowest BCUT2D eigenvalue weighted by atomic mass is 9.98. The molecule has 1 fully saturated rings. The van der Waals surface area contributed by atoms with E-state index in [9.17, 15) is 34.5 Å². The van der Waals surface area contributed by atoms with Gasteiger partial charge in [-0.1, -0.05) is 235 Å². The molecule has 1 aliphatic rings. The maximum absolute atomic E-state index is 13.2. The zero-order valence-corrected chi connectivity index (χ0v) is 51.5. The van der Waals surface area contributed by atoms with E-state index in [0.717, 1.165) is 148 Å². The summed E-state index contributed by atoms with van der Waals surface area (Å²) in [6.45, 7) is 5.87. The topological polar surface area (TPSA) is 175 Å². The number of hydrogen-bond acceptors (Lipinski definition) is 11. The maximum Gasteiger partial charge on any atom is 0.335 e. The molecule has 0 radical (unpaired) electrons. The highest BCUT2D eigenvalue weighted by Gasteiger charge is 2.50. The second-order valence-electron chi connectivity index (χ2n) is 22.4.